The molecule has 2 rings (SSSR count). The van der Waals surface area contributed by atoms with Crippen molar-refractivity contribution in [3.05, 3.63) is 63.1 Å². The van der Waals surface area contributed by atoms with Gasteiger partial charge in [0.05, 0.1) is 11.9 Å². The van der Waals surface area contributed by atoms with E-state index in [1.165, 1.54) is 30.1 Å². The second kappa shape index (κ2) is 10.5. The van der Waals surface area contributed by atoms with Crippen LogP contribution in [-0.4, -0.2) is 51.0 Å². The lowest BCUT2D eigenvalue weighted by Crippen LogP contribution is -2.50. The third-order valence-electron chi connectivity index (χ3n) is 4.47. The zero-order valence-electron chi connectivity index (χ0n) is 17.1. The first-order valence-corrected chi connectivity index (χ1v) is 12.1. The monoisotopic (exact) mass is 505 g/mol. The van der Waals surface area contributed by atoms with E-state index in [1.54, 1.807) is 31.2 Å². The van der Waals surface area contributed by atoms with Crippen molar-refractivity contribution < 1.29 is 18.0 Å². The topological polar surface area (TPSA) is 86.8 Å². The number of rotatable bonds is 8. The number of likely N-dealkylation sites (N-methyl/N-ethyl adjacent to an activating group) is 1. The fourth-order valence-corrected chi connectivity index (χ4v) is 4.48. The average molecular weight is 507 g/mol. The van der Waals surface area contributed by atoms with Crippen LogP contribution in [0.1, 0.15) is 12.5 Å². The van der Waals surface area contributed by atoms with E-state index in [1.807, 2.05) is 0 Å². The van der Waals surface area contributed by atoms with Gasteiger partial charge in [0, 0.05) is 28.7 Å². The Morgan fingerprint density at radius 1 is 1.03 bits per heavy atom. The molecule has 31 heavy (non-hydrogen) atoms. The SMILES string of the molecule is CNC(=O)[C@@H](C)N(Cc1cccc(Cl)c1)C(=O)CN(c1cc(Cl)cc(Cl)c1)S(C)(=O)=O. The van der Waals surface area contributed by atoms with Crippen molar-refractivity contribution >= 4 is 62.3 Å². The largest absolute Gasteiger partial charge is 0.357 e. The number of nitrogens with zero attached hydrogens (tertiary/aromatic N) is 2. The van der Waals surface area contributed by atoms with E-state index in [9.17, 15) is 18.0 Å². The molecule has 0 aromatic heterocycles. The molecule has 2 aromatic rings. The maximum absolute atomic E-state index is 13.2. The van der Waals surface area contributed by atoms with Gasteiger partial charge in [0.15, 0.2) is 0 Å². The molecule has 2 amide bonds. The molecule has 11 heteroatoms. The highest BCUT2D eigenvalue weighted by Gasteiger charge is 2.30. The normalized spacial score (nSPS) is 12.2. The van der Waals surface area contributed by atoms with Crippen LogP contribution in [0.5, 0.6) is 0 Å². The minimum atomic E-state index is -3.86. The van der Waals surface area contributed by atoms with Gasteiger partial charge in [0.2, 0.25) is 21.8 Å². The second-order valence-electron chi connectivity index (χ2n) is 6.84. The van der Waals surface area contributed by atoms with Gasteiger partial charge in [-0.05, 0) is 42.8 Å². The van der Waals surface area contributed by atoms with Crippen LogP contribution in [0.3, 0.4) is 0 Å². The summed E-state index contributed by atoms with van der Waals surface area (Å²) < 4.78 is 25.8. The van der Waals surface area contributed by atoms with Crippen LogP contribution in [0.4, 0.5) is 5.69 Å². The van der Waals surface area contributed by atoms with Crippen LogP contribution in [-0.2, 0) is 26.2 Å². The molecule has 0 aliphatic carbocycles. The van der Waals surface area contributed by atoms with E-state index in [4.69, 9.17) is 34.8 Å². The number of amides is 2. The molecule has 0 heterocycles. The highest BCUT2D eigenvalue weighted by atomic mass is 35.5. The van der Waals surface area contributed by atoms with E-state index in [2.05, 4.69) is 5.32 Å². The fraction of sp³-hybridized carbons (Fsp3) is 0.300. The first kappa shape index (κ1) is 25.3. The van der Waals surface area contributed by atoms with Crippen LogP contribution >= 0.6 is 34.8 Å². The summed E-state index contributed by atoms with van der Waals surface area (Å²) in [5.74, 6) is -0.982. The summed E-state index contributed by atoms with van der Waals surface area (Å²) >= 11 is 18.1. The lowest BCUT2D eigenvalue weighted by atomic mass is 10.1. The quantitative estimate of drug-likeness (QED) is 0.593. The Morgan fingerprint density at radius 2 is 1.65 bits per heavy atom. The summed E-state index contributed by atoms with van der Waals surface area (Å²) in [5, 5.41) is 3.42. The van der Waals surface area contributed by atoms with Gasteiger partial charge in [-0.1, -0.05) is 46.9 Å². The molecule has 7 nitrogen and oxygen atoms in total. The maximum Gasteiger partial charge on any atom is 0.244 e. The number of carbonyl (C=O) groups is 2. The molecule has 2 aromatic carbocycles. The van der Waals surface area contributed by atoms with Crippen molar-refractivity contribution in [1.29, 1.82) is 0 Å². The van der Waals surface area contributed by atoms with Gasteiger partial charge < -0.3 is 10.2 Å². The number of nitrogens with one attached hydrogen (secondary N) is 1. The second-order valence-corrected chi connectivity index (χ2v) is 10.1. The summed E-state index contributed by atoms with van der Waals surface area (Å²) in [4.78, 5) is 26.8. The first-order chi connectivity index (χ1) is 14.4. The maximum atomic E-state index is 13.2. The molecule has 0 saturated carbocycles. The van der Waals surface area contributed by atoms with E-state index in [0.717, 1.165) is 10.6 Å². The number of carbonyl (C=O) groups excluding carboxylic acids is 2. The third-order valence-corrected chi connectivity index (χ3v) is 6.28. The van der Waals surface area contributed by atoms with Crippen LogP contribution in [0, 0.1) is 0 Å². The Bertz CT molecular complexity index is 1060. The molecule has 0 bridgehead atoms. The van der Waals surface area contributed by atoms with Crippen molar-refractivity contribution in [2.75, 3.05) is 24.2 Å². The van der Waals surface area contributed by atoms with E-state index < -0.39 is 34.4 Å². The molecular weight excluding hydrogens is 485 g/mol. The fourth-order valence-electron chi connectivity index (χ4n) is 2.92. The minimum Gasteiger partial charge on any atom is -0.357 e. The zero-order valence-corrected chi connectivity index (χ0v) is 20.2. The lowest BCUT2D eigenvalue weighted by molar-refractivity contribution is -0.139. The third kappa shape index (κ3) is 7.00. The van der Waals surface area contributed by atoms with Crippen LogP contribution < -0.4 is 9.62 Å². The first-order valence-electron chi connectivity index (χ1n) is 9.11. The molecule has 0 radical (unpaired) electrons. The molecule has 1 N–H and O–H groups in total. The van der Waals surface area contributed by atoms with Crippen molar-refractivity contribution in [2.24, 2.45) is 0 Å². The Balaban J connectivity index is 2.42. The Hall–Kier alpha value is -2.00. The molecule has 0 unspecified atom stereocenters. The number of sulfonamides is 1. The summed E-state index contributed by atoms with van der Waals surface area (Å²) in [5.41, 5.74) is 0.831. The van der Waals surface area contributed by atoms with Crippen molar-refractivity contribution in [2.45, 2.75) is 19.5 Å². The van der Waals surface area contributed by atoms with Crippen molar-refractivity contribution in [3.8, 4) is 0 Å². The van der Waals surface area contributed by atoms with Gasteiger partial charge in [-0.15, -0.1) is 0 Å². The average Bonchev–Trinajstić information content (AvgIpc) is 2.67. The van der Waals surface area contributed by atoms with Gasteiger partial charge in [0.1, 0.15) is 12.6 Å². The highest BCUT2D eigenvalue weighted by Crippen LogP contribution is 2.27. The predicted molar refractivity (Wildman–Crippen MR) is 124 cm³/mol. The van der Waals surface area contributed by atoms with E-state index in [0.29, 0.717) is 10.6 Å². The van der Waals surface area contributed by atoms with Crippen LogP contribution in [0.2, 0.25) is 15.1 Å². The van der Waals surface area contributed by atoms with E-state index in [-0.39, 0.29) is 22.3 Å². The lowest BCUT2D eigenvalue weighted by Gasteiger charge is -2.31. The summed E-state index contributed by atoms with van der Waals surface area (Å²) in [6.45, 7) is 1.07. The van der Waals surface area contributed by atoms with Crippen molar-refractivity contribution in [3.63, 3.8) is 0 Å². The summed E-state index contributed by atoms with van der Waals surface area (Å²) in [7, 11) is -2.41. The van der Waals surface area contributed by atoms with Gasteiger partial charge in [-0.25, -0.2) is 8.42 Å². The summed E-state index contributed by atoms with van der Waals surface area (Å²) in [6, 6.07) is 10.2. The van der Waals surface area contributed by atoms with Crippen LogP contribution in [0.15, 0.2) is 42.5 Å². The number of hydrogen-bond acceptors (Lipinski definition) is 4. The molecule has 168 valence electrons. The van der Waals surface area contributed by atoms with Crippen LogP contribution in [0.25, 0.3) is 0 Å². The van der Waals surface area contributed by atoms with Crippen molar-refractivity contribution in [1.82, 2.24) is 10.2 Å². The van der Waals surface area contributed by atoms with Gasteiger partial charge in [-0.2, -0.15) is 0 Å². The Kier molecular flexibility index (Phi) is 8.59. The number of benzene rings is 2. The zero-order chi connectivity index (χ0) is 23.3. The molecule has 0 aliphatic rings. The van der Waals surface area contributed by atoms with E-state index >= 15 is 0 Å². The molecule has 0 saturated heterocycles. The Labute approximate surface area is 196 Å². The minimum absolute atomic E-state index is 0.0574. The molecular formula is C20H22Cl3N3O4S. The summed E-state index contributed by atoms with van der Waals surface area (Å²) in [6.07, 6.45) is 0.971. The highest BCUT2D eigenvalue weighted by molar-refractivity contribution is 7.92. The molecule has 1 atom stereocenters. The number of halogens is 3. The number of anilines is 1. The standard InChI is InChI=1S/C20H22Cl3N3O4S/c1-13(20(28)24-2)25(11-14-5-4-6-15(21)7-14)19(27)12-26(31(3,29)30)18-9-16(22)8-17(23)10-18/h4-10,13H,11-12H2,1-3H3,(H,24,28)/t13-/m1/s1. The Morgan fingerprint density at radius 3 is 2.16 bits per heavy atom. The molecule has 0 spiro atoms. The predicted octanol–water partition coefficient (Wildman–Crippen LogP) is 3.58. The smallest absolute Gasteiger partial charge is 0.244 e. The molecule has 0 aliphatic heterocycles. The number of hydrogen-bond donors (Lipinski definition) is 1. The van der Waals surface area contributed by atoms with Gasteiger partial charge in [0.25, 0.3) is 0 Å². The molecule has 0 fully saturated rings. The van der Waals surface area contributed by atoms with Gasteiger partial charge in [-0.3, -0.25) is 13.9 Å². The van der Waals surface area contributed by atoms with Gasteiger partial charge >= 0.3 is 0 Å².